The van der Waals surface area contributed by atoms with E-state index in [0.717, 1.165) is 45.7 Å². The van der Waals surface area contributed by atoms with E-state index in [0.29, 0.717) is 12.8 Å². The van der Waals surface area contributed by atoms with Gasteiger partial charge in [-0.2, -0.15) is 0 Å². The Morgan fingerprint density at radius 2 is 1.56 bits per heavy atom. The number of carbonyl (C=O) groups is 2. The molecule has 0 unspecified atom stereocenters. The van der Waals surface area contributed by atoms with Gasteiger partial charge in [-0.15, -0.1) is 0 Å². The first-order valence-electron chi connectivity index (χ1n) is 12.9. The SMILES string of the molecule is CC1(C)Cc2cc(CN(CC(=O)O)C(=O)Cc3ccc4c(c3)C[C@@](C)(Cc3ccc(Cl)c(F)c3)O4)ccc2O1. The van der Waals surface area contributed by atoms with Gasteiger partial charge in [-0.3, -0.25) is 9.59 Å². The molecule has 204 valence electrons. The van der Waals surface area contributed by atoms with E-state index in [4.69, 9.17) is 21.1 Å². The van der Waals surface area contributed by atoms with Gasteiger partial charge in [0.2, 0.25) is 5.91 Å². The largest absolute Gasteiger partial charge is 0.487 e. The van der Waals surface area contributed by atoms with Gasteiger partial charge in [-0.05, 0) is 72.9 Å². The third-order valence-corrected chi connectivity index (χ3v) is 7.45. The lowest BCUT2D eigenvalue weighted by atomic mass is 9.91. The second-order valence-electron chi connectivity index (χ2n) is 11.4. The van der Waals surface area contributed by atoms with E-state index >= 15 is 0 Å². The number of benzene rings is 3. The van der Waals surface area contributed by atoms with Gasteiger partial charge >= 0.3 is 5.97 Å². The summed E-state index contributed by atoms with van der Waals surface area (Å²) in [6.45, 7) is 5.83. The van der Waals surface area contributed by atoms with Gasteiger partial charge in [0.1, 0.15) is 35.1 Å². The minimum absolute atomic E-state index is 0.0702. The van der Waals surface area contributed by atoms with Crippen LogP contribution in [0.3, 0.4) is 0 Å². The van der Waals surface area contributed by atoms with Crippen molar-refractivity contribution in [2.45, 2.75) is 64.2 Å². The van der Waals surface area contributed by atoms with Crippen LogP contribution < -0.4 is 9.47 Å². The molecule has 0 fully saturated rings. The molecular weight excluding hydrogens is 521 g/mol. The minimum atomic E-state index is -1.06. The number of fused-ring (bicyclic) bond motifs is 2. The number of halogens is 2. The predicted octanol–water partition coefficient (Wildman–Crippen LogP) is 5.78. The Kier molecular flexibility index (Phi) is 7.06. The van der Waals surface area contributed by atoms with E-state index in [1.54, 1.807) is 12.1 Å². The van der Waals surface area contributed by atoms with Gasteiger partial charge in [0.25, 0.3) is 0 Å². The number of carboxylic acids is 1. The minimum Gasteiger partial charge on any atom is -0.487 e. The van der Waals surface area contributed by atoms with Crippen LogP contribution in [0.4, 0.5) is 4.39 Å². The van der Waals surface area contributed by atoms with Crippen molar-refractivity contribution in [2.24, 2.45) is 0 Å². The molecule has 0 aromatic heterocycles. The van der Waals surface area contributed by atoms with Gasteiger partial charge < -0.3 is 19.5 Å². The second-order valence-corrected chi connectivity index (χ2v) is 11.8. The van der Waals surface area contributed by atoms with Crippen molar-refractivity contribution in [3.05, 3.63) is 93.3 Å². The van der Waals surface area contributed by atoms with Crippen molar-refractivity contribution in [3.63, 3.8) is 0 Å². The van der Waals surface area contributed by atoms with Crippen LogP contribution in [-0.2, 0) is 41.8 Å². The summed E-state index contributed by atoms with van der Waals surface area (Å²) in [5, 5.41) is 9.56. The van der Waals surface area contributed by atoms with Gasteiger partial charge in [0.15, 0.2) is 0 Å². The Morgan fingerprint density at radius 1 is 0.923 bits per heavy atom. The quantitative estimate of drug-likeness (QED) is 0.384. The van der Waals surface area contributed by atoms with Crippen LogP contribution in [0.1, 0.15) is 48.6 Å². The lowest BCUT2D eigenvalue weighted by Gasteiger charge is -2.24. The van der Waals surface area contributed by atoms with Crippen LogP contribution >= 0.6 is 11.6 Å². The Labute approximate surface area is 232 Å². The topological polar surface area (TPSA) is 76.1 Å². The zero-order valence-corrected chi connectivity index (χ0v) is 23.0. The highest BCUT2D eigenvalue weighted by Crippen LogP contribution is 2.38. The van der Waals surface area contributed by atoms with Crippen molar-refractivity contribution in [1.82, 2.24) is 4.90 Å². The third-order valence-electron chi connectivity index (χ3n) is 7.14. The number of rotatable bonds is 8. The molecule has 0 spiro atoms. The zero-order valence-electron chi connectivity index (χ0n) is 22.2. The molecule has 2 aliphatic rings. The summed E-state index contributed by atoms with van der Waals surface area (Å²) < 4.78 is 26.1. The number of aliphatic carboxylic acids is 1. The summed E-state index contributed by atoms with van der Waals surface area (Å²) in [6.07, 6.45) is 1.92. The fourth-order valence-corrected chi connectivity index (χ4v) is 5.65. The summed E-state index contributed by atoms with van der Waals surface area (Å²) in [7, 11) is 0. The molecule has 0 aliphatic carbocycles. The van der Waals surface area contributed by atoms with Crippen LogP contribution in [0.15, 0.2) is 54.6 Å². The highest BCUT2D eigenvalue weighted by atomic mass is 35.5. The summed E-state index contributed by atoms with van der Waals surface area (Å²) >= 11 is 5.82. The number of carbonyl (C=O) groups excluding carboxylic acids is 1. The molecule has 2 heterocycles. The normalized spacial score (nSPS) is 18.6. The highest BCUT2D eigenvalue weighted by molar-refractivity contribution is 6.30. The van der Waals surface area contributed by atoms with E-state index < -0.39 is 17.4 Å². The lowest BCUT2D eigenvalue weighted by Crippen LogP contribution is -2.36. The van der Waals surface area contributed by atoms with E-state index in [-0.39, 0.29) is 36.0 Å². The van der Waals surface area contributed by atoms with Crippen LogP contribution in [0.5, 0.6) is 11.5 Å². The van der Waals surface area contributed by atoms with Crippen molar-refractivity contribution in [2.75, 3.05) is 6.54 Å². The molecule has 3 aromatic carbocycles. The van der Waals surface area contributed by atoms with Crippen LogP contribution in [0.2, 0.25) is 5.02 Å². The van der Waals surface area contributed by atoms with Gasteiger partial charge in [-0.25, -0.2) is 4.39 Å². The Morgan fingerprint density at radius 3 is 2.28 bits per heavy atom. The van der Waals surface area contributed by atoms with Crippen LogP contribution in [0, 0.1) is 5.82 Å². The second kappa shape index (κ2) is 10.2. The fourth-order valence-electron chi connectivity index (χ4n) is 5.53. The van der Waals surface area contributed by atoms with E-state index in [1.165, 1.54) is 11.0 Å². The fraction of sp³-hybridized carbons (Fsp3) is 0.355. The maximum Gasteiger partial charge on any atom is 0.323 e. The maximum absolute atomic E-state index is 13.9. The van der Waals surface area contributed by atoms with E-state index in [1.807, 2.05) is 57.2 Å². The van der Waals surface area contributed by atoms with Crippen molar-refractivity contribution >= 4 is 23.5 Å². The molecule has 5 rings (SSSR count). The molecule has 0 bridgehead atoms. The first kappa shape index (κ1) is 27.0. The summed E-state index contributed by atoms with van der Waals surface area (Å²) in [5.41, 5.74) is 3.60. The van der Waals surface area contributed by atoms with Crippen molar-refractivity contribution in [1.29, 1.82) is 0 Å². The molecule has 0 saturated carbocycles. The molecule has 1 atom stereocenters. The predicted molar refractivity (Wildman–Crippen MR) is 146 cm³/mol. The van der Waals surface area contributed by atoms with Gasteiger partial charge in [0, 0.05) is 25.8 Å². The summed E-state index contributed by atoms with van der Waals surface area (Å²) in [4.78, 5) is 26.2. The average Bonchev–Trinajstić information content (AvgIpc) is 3.33. The Bertz CT molecular complexity index is 1450. The van der Waals surface area contributed by atoms with Crippen LogP contribution in [-0.4, -0.2) is 39.6 Å². The van der Waals surface area contributed by atoms with Gasteiger partial charge in [0.05, 0.1) is 11.4 Å². The van der Waals surface area contributed by atoms with E-state index in [9.17, 15) is 19.1 Å². The number of hydrogen-bond acceptors (Lipinski definition) is 4. The molecule has 6 nitrogen and oxygen atoms in total. The average molecular weight is 552 g/mol. The lowest BCUT2D eigenvalue weighted by molar-refractivity contribution is -0.144. The van der Waals surface area contributed by atoms with E-state index in [2.05, 4.69) is 0 Å². The molecule has 1 amide bonds. The number of carboxylic acid groups (broad SMARTS) is 1. The molecule has 2 aliphatic heterocycles. The van der Waals surface area contributed by atoms with Crippen LogP contribution in [0.25, 0.3) is 0 Å². The molecule has 3 aromatic rings. The molecule has 8 heteroatoms. The smallest absolute Gasteiger partial charge is 0.323 e. The maximum atomic E-state index is 13.9. The summed E-state index contributed by atoms with van der Waals surface area (Å²) in [5.74, 6) is -0.238. The molecule has 0 saturated heterocycles. The standard InChI is InChI=1S/C31H31ClFNO5/c1-30(2)15-22-11-21(6-9-26(22)38-30)17-34(18-29(36)37)28(35)13-19-5-8-27-23(10-19)16-31(3,39-27)14-20-4-7-24(32)25(33)12-20/h4-12H,13-18H2,1-3H3,(H,36,37)/t31-/m1/s1. The number of hydrogen-bond donors (Lipinski definition) is 1. The molecule has 1 N–H and O–H groups in total. The first-order chi connectivity index (χ1) is 18.4. The summed E-state index contributed by atoms with van der Waals surface area (Å²) in [6, 6.07) is 16.1. The molecule has 0 radical (unpaired) electrons. The highest BCUT2D eigenvalue weighted by Gasteiger charge is 2.35. The first-order valence-corrected chi connectivity index (χ1v) is 13.3. The van der Waals surface area contributed by atoms with Crippen molar-refractivity contribution < 1.29 is 28.6 Å². The zero-order chi connectivity index (χ0) is 27.9. The Balaban J connectivity index is 1.27. The number of amides is 1. The Hall–Kier alpha value is -3.58. The molecular formula is C31H31ClFNO5. The van der Waals surface area contributed by atoms with Crippen molar-refractivity contribution in [3.8, 4) is 11.5 Å². The van der Waals surface area contributed by atoms with Gasteiger partial charge in [-0.1, -0.05) is 41.9 Å². The number of ether oxygens (including phenoxy) is 2. The monoisotopic (exact) mass is 551 g/mol. The number of nitrogens with zero attached hydrogens (tertiary/aromatic N) is 1. The molecule has 39 heavy (non-hydrogen) atoms. The third kappa shape index (κ3) is 6.19.